The number of halogens is 4. The van der Waals surface area contributed by atoms with Crippen LogP contribution in [0, 0.1) is 0 Å². The Hall–Kier alpha value is -1.51. The average molecular weight is 482 g/mol. The molecule has 27 heavy (non-hydrogen) atoms. The summed E-state index contributed by atoms with van der Waals surface area (Å²) in [5.74, 6) is -0.631. The lowest BCUT2D eigenvalue weighted by molar-refractivity contribution is 0.0475. The molecule has 0 heterocycles. The van der Waals surface area contributed by atoms with Crippen molar-refractivity contribution in [1.82, 2.24) is 0 Å². The molecule has 0 amide bonds. The standard InChI is InChI=1S/C18H16BrClF2O4S/c19-15-9-8-13(12-16(15)20)17(23)26-11-5-4-10-18(21,22)27(24,25)14-6-2-1-3-7-14/h1-3,6-9,12H,4-5,10-11H2. The zero-order valence-electron chi connectivity index (χ0n) is 14.0. The summed E-state index contributed by atoms with van der Waals surface area (Å²) in [5.41, 5.74) is 0.236. The molecule has 0 saturated heterocycles. The van der Waals surface area contributed by atoms with Crippen molar-refractivity contribution in [2.24, 2.45) is 0 Å². The summed E-state index contributed by atoms with van der Waals surface area (Å²) in [6.45, 7) is -0.103. The molecule has 9 heteroatoms. The molecule has 0 N–H and O–H groups in total. The van der Waals surface area contributed by atoms with E-state index in [1.165, 1.54) is 24.3 Å². The average Bonchev–Trinajstić information content (AvgIpc) is 2.64. The molecule has 2 aromatic rings. The molecule has 0 aliphatic rings. The summed E-state index contributed by atoms with van der Waals surface area (Å²) in [6, 6.07) is 11.1. The van der Waals surface area contributed by atoms with Crippen LogP contribution in [0.15, 0.2) is 57.9 Å². The van der Waals surface area contributed by atoms with E-state index in [0.717, 1.165) is 12.1 Å². The predicted octanol–water partition coefficient (Wildman–Crippen LogP) is 5.50. The molecule has 0 aliphatic carbocycles. The van der Waals surface area contributed by atoms with Crippen molar-refractivity contribution in [1.29, 1.82) is 0 Å². The van der Waals surface area contributed by atoms with Crippen LogP contribution >= 0.6 is 27.5 Å². The number of carbonyl (C=O) groups is 1. The van der Waals surface area contributed by atoms with Crippen molar-refractivity contribution >= 4 is 43.3 Å². The Bertz CT molecular complexity index is 905. The van der Waals surface area contributed by atoms with Crippen LogP contribution in [0.1, 0.15) is 29.6 Å². The van der Waals surface area contributed by atoms with Crippen LogP contribution in [-0.4, -0.2) is 26.2 Å². The van der Waals surface area contributed by atoms with E-state index in [4.69, 9.17) is 16.3 Å². The fourth-order valence-electron chi connectivity index (χ4n) is 2.21. The van der Waals surface area contributed by atoms with Crippen LogP contribution in [0.4, 0.5) is 8.78 Å². The van der Waals surface area contributed by atoms with E-state index in [1.807, 2.05) is 0 Å². The molecule has 4 nitrogen and oxygen atoms in total. The lowest BCUT2D eigenvalue weighted by atomic mass is 10.2. The van der Waals surface area contributed by atoms with E-state index in [1.54, 1.807) is 12.1 Å². The third-order valence-electron chi connectivity index (χ3n) is 3.70. The summed E-state index contributed by atoms with van der Waals surface area (Å²) in [4.78, 5) is 11.4. The van der Waals surface area contributed by atoms with Gasteiger partial charge in [-0.2, -0.15) is 8.78 Å². The van der Waals surface area contributed by atoms with E-state index in [9.17, 15) is 22.0 Å². The number of ether oxygens (including phenoxy) is 1. The van der Waals surface area contributed by atoms with Crippen molar-refractivity contribution in [3.63, 3.8) is 0 Å². The minimum Gasteiger partial charge on any atom is -0.462 e. The van der Waals surface area contributed by atoms with Gasteiger partial charge in [-0.3, -0.25) is 0 Å². The molecule has 0 spiro atoms. The lowest BCUT2D eigenvalue weighted by Crippen LogP contribution is -2.29. The van der Waals surface area contributed by atoms with Gasteiger partial charge in [-0.15, -0.1) is 0 Å². The first-order valence-corrected chi connectivity index (χ1v) is 10.6. The molecule has 146 valence electrons. The van der Waals surface area contributed by atoms with Gasteiger partial charge in [0, 0.05) is 10.9 Å². The molecule has 2 rings (SSSR count). The Balaban J connectivity index is 1.83. The van der Waals surface area contributed by atoms with Crippen molar-refractivity contribution in [3.8, 4) is 0 Å². The van der Waals surface area contributed by atoms with Crippen molar-refractivity contribution in [2.45, 2.75) is 29.4 Å². The van der Waals surface area contributed by atoms with Gasteiger partial charge in [-0.05, 0) is 59.1 Å². The molecule has 0 bridgehead atoms. The lowest BCUT2D eigenvalue weighted by Gasteiger charge is -2.17. The van der Waals surface area contributed by atoms with Crippen LogP contribution in [-0.2, 0) is 14.6 Å². The quantitative estimate of drug-likeness (QED) is 0.369. The Labute approximate surface area is 169 Å². The van der Waals surface area contributed by atoms with Crippen LogP contribution in [0.2, 0.25) is 5.02 Å². The maximum atomic E-state index is 14.1. The van der Waals surface area contributed by atoms with Crippen LogP contribution in [0.3, 0.4) is 0 Å². The highest BCUT2D eigenvalue weighted by Gasteiger charge is 2.45. The van der Waals surface area contributed by atoms with Gasteiger partial charge in [0.2, 0.25) is 9.84 Å². The van der Waals surface area contributed by atoms with Crippen molar-refractivity contribution < 1.29 is 26.7 Å². The van der Waals surface area contributed by atoms with E-state index in [2.05, 4.69) is 15.9 Å². The van der Waals surface area contributed by atoms with Gasteiger partial charge in [0.15, 0.2) is 0 Å². The maximum Gasteiger partial charge on any atom is 0.350 e. The molecule has 0 radical (unpaired) electrons. The summed E-state index contributed by atoms with van der Waals surface area (Å²) < 4.78 is 57.9. The fraction of sp³-hybridized carbons (Fsp3) is 0.278. The first-order valence-electron chi connectivity index (χ1n) is 7.95. The third kappa shape index (κ3) is 5.49. The number of sulfone groups is 1. The van der Waals surface area contributed by atoms with Gasteiger partial charge >= 0.3 is 11.2 Å². The second-order valence-corrected chi connectivity index (χ2v) is 9.01. The molecular weight excluding hydrogens is 466 g/mol. The molecule has 0 atom stereocenters. The minimum absolute atomic E-state index is 0.103. The Kier molecular flexibility index (Phi) is 7.36. The van der Waals surface area contributed by atoms with Gasteiger partial charge in [0.05, 0.1) is 22.1 Å². The number of benzene rings is 2. The largest absolute Gasteiger partial charge is 0.462 e. The molecule has 0 aromatic heterocycles. The van der Waals surface area contributed by atoms with Crippen molar-refractivity contribution in [2.75, 3.05) is 6.61 Å². The molecule has 0 aliphatic heterocycles. The summed E-state index contributed by atoms with van der Waals surface area (Å²) in [5, 5.41) is -3.55. The van der Waals surface area contributed by atoms with E-state index in [0.29, 0.717) is 9.50 Å². The number of carbonyl (C=O) groups excluding carboxylic acids is 1. The number of hydrogen-bond donors (Lipinski definition) is 0. The van der Waals surface area contributed by atoms with Gasteiger partial charge in [-0.1, -0.05) is 29.8 Å². The fourth-order valence-corrected chi connectivity index (χ4v) is 3.91. The zero-order valence-corrected chi connectivity index (χ0v) is 17.2. The maximum absolute atomic E-state index is 14.1. The van der Waals surface area contributed by atoms with Crippen LogP contribution in [0.25, 0.3) is 0 Å². The van der Waals surface area contributed by atoms with Crippen LogP contribution in [0.5, 0.6) is 0 Å². The third-order valence-corrected chi connectivity index (χ3v) is 6.81. The zero-order chi connectivity index (χ0) is 20.1. The number of rotatable bonds is 8. The van der Waals surface area contributed by atoms with Crippen molar-refractivity contribution in [3.05, 3.63) is 63.6 Å². The summed E-state index contributed by atoms with van der Waals surface area (Å²) in [7, 11) is -4.75. The molecular formula is C18H16BrClF2O4S. The number of esters is 1. The predicted molar refractivity (Wildman–Crippen MR) is 102 cm³/mol. The number of hydrogen-bond acceptors (Lipinski definition) is 4. The summed E-state index contributed by atoms with van der Waals surface area (Å²) >= 11 is 9.09. The van der Waals surface area contributed by atoms with E-state index < -0.39 is 32.4 Å². The van der Waals surface area contributed by atoms with Gasteiger partial charge in [0.1, 0.15) is 0 Å². The summed E-state index contributed by atoms with van der Waals surface area (Å²) in [6.07, 6.45) is -0.866. The Morgan fingerprint density at radius 1 is 1.11 bits per heavy atom. The molecule has 0 fully saturated rings. The SMILES string of the molecule is O=C(OCCCCC(F)(F)S(=O)(=O)c1ccccc1)c1ccc(Br)c(Cl)c1. The van der Waals surface area contributed by atoms with Crippen LogP contribution < -0.4 is 0 Å². The minimum atomic E-state index is -4.75. The highest BCUT2D eigenvalue weighted by molar-refractivity contribution is 9.10. The Morgan fingerprint density at radius 2 is 1.78 bits per heavy atom. The normalized spacial score (nSPS) is 12.0. The number of alkyl halides is 2. The van der Waals surface area contributed by atoms with E-state index >= 15 is 0 Å². The monoisotopic (exact) mass is 480 g/mol. The van der Waals surface area contributed by atoms with Gasteiger partial charge < -0.3 is 4.74 Å². The molecule has 0 unspecified atom stereocenters. The highest BCUT2D eigenvalue weighted by atomic mass is 79.9. The first kappa shape index (κ1) is 21.8. The molecule has 2 aromatic carbocycles. The topological polar surface area (TPSA) is 60.4 Å². The van der Waals surface area contributed by atoms with E-state index in [-0.39, 0.29) is 25.0 Å². The first-order chi connectivity index (χ1) is 12.6. The second-order valence-electron chi connectivity index (χ2n) is 5.68. The smallest absolute Gasteiger partial charge is 0.350 e. The van der Waals surface area contributed by atoms with Gasteiger partial charge in [-0.25, -0.2) is 13.2 Å². The Morgan fingerprint density at radius 3 is 2.41 bits per heavy atom. The number of unbranched alkanes of at least 4 members (excludes halogenated alkanes) is 1. The molecule has 0 saturated carbocycles. The second kappa shape index (κ2) is 9.12. The van der Waals surface area contributed by atoms with Gasteiger partial charge in [0.25, 0.3) is 0 Å². The highest BCUT2D eigenvalue weighted by Crippen LogP contribution is 2.33.